The molecule has 0 saturated carbocycles. The summed E-state index contributed by atoms with van der Waals surface area (Å²) in [6.45, 7) is 3.32. The van der Waals surface area contributed by atoms with Gasteiger partial charge in [0.25, 0.3) is 0 Å². The number of hydrogen-bond donors (Lipinski definition) is 2. The van der Waals surface area contributed by atoms with Crippen molar-refractivity contribution in [2.45, 2.75) is 26.2 Å². The van der Waals surface area contributed by atoms with Gasteiger partial charge in [-0.2, -0.15) is 0 Å². The molecule has 5 heteroatoms. The van der Waals surface area contributed by atoms with Gasteiger partial charge >= 0.3 is 0 Å². The number of anilines is 1. The summed E-state index contributed by atoms with van der Waals surface area (Å²) in [5.41, 5.74) is 0.647. The summed E-state index contributed by atoms with van der Waals surface area (Å²) >= 11 is 0. The van der Waals surface area contributed by atoms with Crippen molar-refractivity contribution in [1.29, 1.82) is 0 Å². The molecule has 0 bridgehead atoms. The van der Waals surface area contributed by atoms with E-state index in [-0.39, 0.29) is 5.91 Å². The van der Waals surface area contributed by atoms with Crippen LogP contribution in [-0.2, 0) is 4.79 Å². The Morgan fingerprint density at radius 1 is 1.20 bits per heavy atom. The number of carbonyl (C=O) groups excluding carboxylic acids is 1. The van der Waals surface area contributed by atoms with Gasteiger partial charge in [0.15, 0.2) is 0 Å². The van der Waals surface area contributed by atoms with Gasteiger partial charge in [0.1, 0.15) is 11.5 Å². The highest BCUT2D eigenvalue weighted by atomic mass is 16.5. The normalized spacial score (nSPS) is 10.2. The maximum absolute atomic E-state index is 11.8. The zero-order valence-corrected chi connectivity index (χ0v) is 12.5. The van der Waals surface area contributed by atoms with Crippen LogP contribution in [0.2, 0.25) is 0 Å². The van der Waals surface area contributed by atoms with Gasteiger partial charge in [0.2, 0.25) is 5.91 Å². The van der Waals surface area contributed by atoms with Crippen LogP contribution < -0.4 is 20.1 Å². The van der Waals surface area contributed by atoms with Crippen molar-refractivity contribution >= 4 is 11.6 Å². The van der Waals surface area contributed by atoms with E-state index < -0.39 is 0 Å². The zero-order valence-electron chi connectivity index (χ0n) is 12.5. The van der Waals surface area contributed by atoms with E-state index in [4.69, 9.17) is 9.47 Å². The standard InChI is InChI=1S/C15H24N2O3/c1-4-5-6-9-16-11-15(18)17-13-8-7-12(19-2)10-14(13)20-3/h7-8,10,16H,4-6,9,11H2,1-3H3,(H,17,18). The summed E-state index contributed by atoms with van der Waals surface area (Å²) in [7, 11) is 3.15. The van der Waals surface area contributed by atoms with E-state index in [1.807, 2.05) is 0 Å². The molecule has 1 amide bonds. The second-order valence-corrected chi connectivity index (χ2v) is 4.50. The molecule has 0 heterocycles. The van der Waals surface area contributed by atoms with Crippen molar-refractivity contribution in [1.82, 2.24) is 5.32 Å². The lowest BCUT2D eigenvalue weighted by Gasteiger charge is -2.12. The number of benzene rings is 1. The van der Waals surface area contributed by atoms with E-state index in [2.05, 4.69) is 17.6 Å². The Kier molecular flexibility index (Phi) is 7.50. The fourth-order valence-electron chi connectivity index (χ4n) is 1.80. The molecule has 1 rings (SSSR count). The number of carbonyl (C=O) groups is 1. The molecule has 0 aliphatic rings. The maximum Gasteiger partial charge on any atom is 0.238 e. The van der Waals surface area contributed by atoms with E-state index in [0.29, 0.717) is 23.7 Å². The Morgan fingerprint density at radius 2 is 2.00 bits per heavy atom. The maximum atomic E-state index is 11.8. The molecule has 0 atom stereocenters. The molecule has 0 aliphatic heterocycles. The molecular weight excluding hydrogens is 256 g/mol. The van der Waals surface area contributed by atoms with Crippen LogP contribution in [0.3, 0.4) is 0 Å². The highest BCUT2D eigenvalue weighted by Gasteiger charge is 2.08. The van der Waals surface area contributed by atoms with Crippen LogP contribution >= 0.6 is 0 Å². The SMILES string of the molecule is CCCCCNCC(=O)Nc1ccc(OC)cc1OC. The number of hydrogen-bond acceptors (Lipinski definition) is 4. The fraction of sp³-hybridized carbons (Fsp3) is 0.533. The monoisotopic (exact) mass is 280 g/mol. The third kappa shape index (κ3) is 5.48. The van der Waals surface area contributed by atoms with Crippen molar-refractivity contribution in [3.05, 3.63) is 18.2 Å². The molecule has 112 valence electrons. The average molecular weight is 280 g/mol. The summed E-state index contributed by atoms with van der Waals surface area (Å²) in [5, 5.41) is 5.94. The number of ether oxygens (including phenoxy) is 2. The molecule has 0 aromatic heterocycles. The van der Waals surface area contributed by atoms with Crippen LogP contribution in [0, 0.1) is 0 Å². The third-order valence-corrected chi connectivity index (χ3v) is 2.93. The number of rotatable bonds is 9. The van der Waals surface area contributed by atoms with Crippen molar-refractivity contribution in [2.24, 2.45) is 0 Å². The minimum Gasteiger partial charge on any atom is -0.497 e. The molecule has 1 aromatic carbocycles. The summed E-state index contributed by atoms with van der Waals surface area (Å²) in [6, 6.07) is 5.30. The van der Waals surface area contributed by atoms with Gasteiger partial charge in [-0.1, -0.05) is 19.8 Å². The molecule has 0 spiro atoms. The van der Waals surface area contributed by atoms with Gasteiger partial charge in [-0.25, -0.2) is 0 Å². The van der Waals surface area contributed by atoms with Crippen LogP contribution in [0.25, 0.3) is 0 Å². The van der Waals surface area contributed by atoms with Gasteiger partial charge < -0.3 is 20.1 Å². The molecule has 1 aromatic rings. The Hall–Kier alpha value is -1.75. The van der Waals surface area contributed by atoms with Crippen molar-refractivity contribution in [2.75, 3.05) is 32.6 Å². The summed E-state index contributed by atoms with van der Waals surface area (Å²) < 4.78 is 10.3. The smallest absolute Gasteiger partial charge is 0.238 e. The summed E-state index contributed by atoms with van der Waals surface area (Å²) in [5.74, 6) is 1.20. The van der Waals surface area contributed by atoms with Gasteiger partial charge in [-0.15, -0.1) is 0 Å². The second-order valence-electron chi connectivity index (χ2n) is 4.50. The molecular formula is C15H24N2O3. The van der Waals surface area contributed by atoms with Crippen molar-refractivity contribution in [3.63, 3.8) is 0 Å². The van der Waals surface area contributed by atoms with E-state index in [0.717, 1.165) is 13.0 Å². The number of methoxy groups -OCH3 is 2. The first-order valence-electron chi connectivity index (χ1n) is 6.93. The second kappa shape index (κ2) is 9.20. The summed E-state index contributed by atoms with van der Waals surface area (Å²) in [4.78, 5) is 11.8. The lowest BCUT2D eigenvalue weighted by molar-refractivity contribution is -0.115. The average Bonchev–Trinajstić information content (AvgIpc) is 2.47. The highest BCUT2D eigenvalue weighted by molar-refractivity contribution is 5.93. The predicted molar refractivity (Wildman–Crippen MR) is 80.6 cm³/mol. The van der Waals surface area contributed by atoms with Gasteiger partial charge in [-0.3, -0.25) is 4.79 Å². The van der Waals surface area contributed by atoms with Gasteiger partial charge in [0, 0.05) is 6.07 Å². The van der Waals surface area contributed by atoms with Crippen LogP contribution in [0.4, 0.5) is 5.69 Å². The fourth-order valence-corrected chi connectivity index (χ4v) is 1.80. The Labute approximate surface area is 120 Å². The highest BCUT2D eigenvalue weighted by Crippen LogP contribution is 2.28. The molecule has 0 radical (unpaired) electrons. The minimum absolute atomic E-state index is 0.0787. The Balaban J connectivity index is 2.45. The first kappa shape index (κ1) is 16.3. The summed E-state index contributed by atoms with van der Waals surface area (Å²) in [6.07, 6.45) is 3.45. The van der Waals surface area contributed by atoms with Gasteiger partial charge in [-0.05, 0) is 25.1 Å². The molecule has 0 unspecified atom stereocenters. The van der Waals surface area contributed by atoms with Crippen molar-refractivity contribution in [3.8, 4) is 11.5 Å². The molecule has 2 N–H and O–H groups in total. The molecule has 20 heavy (non-hydrogen) atoms. The van der Waals surface area contributed by atoms with Crippen LogP contribution in [0.1, 0.15) is 26.2 Å². The third-order valence-electron chi connectivity index (χ3n) is 2.93. The van der Waals surface area contributed by atoms with E-state index in [9.17, 15) is 4.79 Å². The van der Waals surface area contributed by atoms with Crippen LogP contribution in [-0.4, -0.2) is 33.2 Å². The topological polar surface area (TPSA) is 59.6 Å². The number of nitrogens with one attached hydrogen (secondary N) is 2. The Bertz CT molecular complexity index is 422. The number of amides is 1. The van der Waals surface area contributed by atoms with Gasteiger partial charge in [0.05, 0.1) is 26.5 Å². The zero-order chi connectivity index (χ0) is 14.8. The lowest BCUT2D eigenvalue weighted by atomic mass is 10.2. The lowest BCUT2D eigenvalue weighted by Crippen LogP contribution is -2.28. The first-order chi connectivity index (χ1) is 9.71. The largest absolute Gasteiger partial charge is 0.497 e. The molecule has 0 fully saturated rings. The first-order valence-corrected chi connectivity index (χ1v) is 6.93. The minimum atomic E-state index is -0.0787. The predicted octanol–water partition coefficient (Wildman–Crippen LogP) is 2.42. The molecule has 0 saturated heterocycles. The van der Waals surface area contributed by atoms with E-state index >= 15 is 0 Å². The quantitative estimate of drug-likeness (QED) is 0.682. The van der Waals surface area contributed by atoms with Crippen LogP contribution in [0.15, 0.2) is 18.2 Å². The van der Waals surface area contributed by atoms with Crippen molar-refractivity contribution < 1.29 is 14.3 Å². The molecule has 5 nitrogen and oxygen atoms in total. The number of unbranched alkanes of at least 4 members (excludes halogenated alkanes) is 2. The van der Waals surface area contributed by atoms with E-state index in [1.165, 1.54) is 12.8 Å². The Morgan fingerprint density at radius 3 is 2.65 bits per heavy atom. The van der Waals surface area contributed by atoms with Crippen LogP contribution in [0.5, 0.6) is 11.5 Å². The van der Waals surface area contributed by atoms with E-state index in [1.54, 1.807) is 32.4 Å². The molecule has 0 aliphatic carbocycles.